The first kappa shape index (κ1) is 12.5. The van der Waals surface area contributed by atoms with Crippen LogP contribution in [0.1, 0.15) is 27.7 Å². The fourth-order valence-electron chi connectivity index (χ4n) is 1.09. The highest BCUT2D eigenvalue weighted by molar-refractivity contribution is 4.83. The van der Waals surface area contributed by atoms with Gasteiger partial charge in [0.15, 0.2) is 0 Å². The van der Waals surface area contributed by atoms with E-state index >= 15 is 0 Å². The SMILES string of the molecule is CCN(/C=C/CNCC(C)C)CC. The van der Waals surface area contributed by atoms with Gasteiger partial charge in [-0.2, -0.15) is 0 Å². The zero-order valence-corrected chi connectivity index (χ0v) is 9.51. The lowest BCUT2D eigenvalue weighted by Gasteiger charge is -2.14. The minimum absolute atomic E-state index is 0.738. The van der Waals surface area contributed by atoms with Crippen molar-refractivity contribution in [1.29, 1.82) is 0 Å². The summed E-state index contributed by atoms with van der Waals surface area (Å²) in [6, 6.07) is 0. The largest absolute Gasteiger partial charge is 0.378 e. The minimum Gasteiger partial charge on any atom is -0.378 e. The van der Waals surface area contributed by atoms with Crippen LogP contribution in [0.4, 0.5) is 0 Å². The second kappa shape index (κ2) is 8.11. The van der Waals surface area contributed by atoms with Gasteiger partial charge in [0.2, 0.25) is 0 Å². The molecule has 0 saturated carbocycles. The van der Waals surface area contributed by atoms with E-state index in [1.165, 1.54) is 0 Å². The molecule has 0 fully saturated rings. The summed E-state index contributed by atoms with van der Waals surface area (Å²) in [5.41, 5.74) is 0. The van der Waals surface area contributed by atoms with Crippen molar-refractivity contribution in [3.8, 4) is 0 Å². The maximum atomic E-state index is 3.37. The van der Waals surface area contributed by atoms with Crippen LogP contribution < -0.4 is 5.32 Å². The third-order valence-electron chi connectivity index (χ3n) is 1.94. The van der Waals surface area contributed by atoms with E-state index in [4.69, 9.17) is 0 Å². The molecular formula is C11H24N2. The molecule has 0 aromatic heterocycles. The van der Waals surface area contributed by atoms with Crippen LogP contribution in [0.5, 0.6) is 0 Å². The predicted molar refractivity (Wildman–Crippen MR) is 59.8 cm³/mol. The van der Waals surface area contributed by atoms with Crippen molar-refractivity contribution in [2.45, 2.75) is 27.7 Å². The summed E-state index contributed by atoms with van der Waals surface area (Å²) in [6.45, 7) is 13.1. The van der Waals surface area contributed by atoms with Crippen molar-refractivity contribution < 1.29 is 0 Å². The Bertz CT molecular complexity index is 126. The van der Waals surface area contributed by atoms with E-state index in [1.54, 1.807) is 0 Å². The highest BCUT2D eigenvalue weighted by atomic mass is 15.1. The average molecular weight is 184 g/mol. The molecule has 0 aliphatic carbocycles. The van der Waals surface area contributed by atoms with E-state index in [9.17, 15) is 0 Å². The van der Waals surface area contributed by atoms with E-state index in [2.05, 4.69) is 50.2 Å². The number of hydrogen-bond acceptors (Lipinski definition) is 2. The maximum absolute atomic E-state index is 3.37. The van der Waals surface area contributed by atoms with Crippen LogP contribution in [0.2, 0.25) is 0 Å². The van der Waals surface area contributed by atoms with Gasteiger partial charge >= 0.3 is 0 Å². The molecule has 0 atom stereocenters. The maximum Gasteiger partial charge on any atom is 0.0152 e. The monoisotopic (exact) mass is 184 g/mol. The fourth-order valence-corrected chi connectivity index (χ4v) is 1.09. The van der Waals surface area contributed by atoms with Crippen molar-refractivity contribution in [3.05, 3.63) is 12.3 Å². The van der Waals surface area contributed by atoms with Gasteiger partial charge in [-0.15, -0.1) is 0 Å². The first-order valence-corrected chi connectivity index (χ1v) is 5.32. The summed E-state index contributed by atoms with van der Waals surface area (Å²) in [4.78, 5) is 2.29. The quantitative estimate of drug-likeness (QED) is 0.609. The molecule has 0 aromatic rings. The zero-order valence-electron chi connectivity index (χ0n) is 9.51. The number of rotatable bonds is 7. The Morgan fingerprint density at radius 3 is 2.31 bits per heavy atom. The Morgan fingerprint density at radius 2 is 1.85 bits per heavy atom. The smallest absolute Gasteiger partial charge is 0.0152 e. The van der Waals surface area contributed by atoms with Gasteiger partial charge in [-0.1, -0.05) is 19.9 Å². The molecule has 0 unspecified atom stereocenters. The molecule has 2 nitrogen and oxygen atoms in total. The predicted octanol–water partition coefficient (Wildman–Crippen LogP) is 2.09. The van der Waals surface area contributed by atoms with E-state index in [0.29, 0.717) is 0 Å². The van der Waals surface area contributed by atoms with Crippen molar-refractivity contribution >= 4 is 0 Å². The van der Waals surface area contributed by atoms with Gasteiger partial charge in [-0.05, 0) is 32.5 Å². The molecule has 1 N–H and O–H groups in total. The lowest BCUT2D eigenvalue weighted by atomic mass is 10.2. The van der Waals surface area contributed by atoms with Crippen LogP contribution in [-0.4, -0.2) is 31.1 Å². The summed E-state index contributed by atoms with van der Waals surface area (Å²) in [6.07, 6.45) is 4.36. The van der Waals surface area contributed by atoms with Gasteiger partial charge in [0, 0.05) is 19.6 Å². The fraction of sp³-hybridized carbons (Fsp3) is 0.818. The van der Waals surface area contributed by atoms with E-state index in [1.807, 2.05) is 0 Å². The summed E-state index contributed by atoms with van der Waals surface area (Å²) < 4.78 is 0. The molecular weight excluding hydrogens is 160 g/mol. The Balaban J connectivity index is 3.39. The first-order chi connectivity index (χ1) is 6.20. The van der Waals surface area contributed by atoms with Crippen molar-refractivity contribution in [2.24, 2.45) is 5.92 Å². The highest BCUT2D eigenvalue weighted by Gasteiger charge is 1.90. The van der Waals surface area contributed by atoms with Crippen LogP contribution >= 0.6 is 0 Å². The summed E-state index contributed by atoms with van der Waals surface area (Å²) >= 11 is 0. The third-order valence-corrected chi connectivity index (χ3v) is 1.94. The molecule has 0 heterocycles. The van der Waals surface area contributed by atoms with Gasteiger partial charge in [-0.25, -0.2) is 0 Å². The molecule has 0 aromatic carbocycles. The molecule has 0 aliphatic rings. The van der Waals surface area contributed by atoms with Crippen LogP contribution in [0.15, 0.2) is 12.3 Å². The van der Waals surface area contributed by atoms with Crippen molar-refractivity contribution in [1.82, 2.24) is 10.2 Å². The van der Waals surface area contributed by atoms with E-state index in [0.717, 1.165) is 32.1 Å². The van der Waals surface area contributed by atoms with Gasteiger partial charge in [-0.3, -0.25) is 0 Å². The molecule has 78 valence electrons. The second-order valence-corrected chi connectivity index (χ2v) is 3.66. The summed E-state index contributed by atoms with van der Waals surface area (Å²) in [5.74, 6) is 0.738. The standard InChI is InChI=1S/C11H24N2/c1-5-13(6-2)9-7-8-12-10-11(3)4/h7,9,11-12H,5-6,8,10H2,1-4H3/b9-7+. The van der Waals surface area contributed by atoms with Crippen LogP contribution in [0.25, 0.3) is 0 Å². The molecule has 0 bridgehead atoms. The molecule has 0 spiro atoms. The Kier molecular flexibility index (Phi) is 7.80. The van der Waals surface area contributed by atoms with Gasteiger partial charge < -0.3 is 10.2 Å². The Labute approximate surface area is 83.0 Å². The topological polar surface area (TPSA) is 15.3 Å². The molecule has 13 heavy (non-hydrogen) atoms. The highest BCUT2D eigenvalue weighted by Crippen LogP contribution is 1.88. The van der Waals surface area contributed by atoms with Crippen molar-refractivity contribution in [2.75, 3.05) is 26.2 Å². The lowest BCUT2D eigenvalue weighted by molar-refractivity contribution is 0.417. The molecule has 0 rings (SSSR count). The molecule has 2 heteroatoms. The lowest BCUT2D eigenvalue weighted by Crippen LogP contribution is -2.21. The zero-order chi connectivity index (χ0) is 10.1. The normalized spacial score (nSPS) is 11.5. The number of hydrogen-bond donors (Lipinski definition) is 1. The van der Waals surface area contributed by atoms with Gasteiger partial charge in [0.05, 0.1) is 0 Å². The van der Waals surface area contributed by atoms with E-state index in [-0.39, 0.29) is 0 Å². The van der Waals surface area contributed by atoms with Crippen molar-refractivity contribution in [3.63, 3.8) is 0 Å². The average Bonchev–Trinajstić information content (AvgIpc) is 2.11. The van der Waals surface area contributed by atoms with Crippen LogP contribution in [0.3, 0.4) is 0 Å². The Hall–Kier alpha value is -0.500. The van der Waals surface area contributed by atoms with Crippen LogP contribution in [0, 0.1) is 5.92 Å². The number of nitrogens with one attached hydrogen (secondary N) is 1. The van der Waals surface area contributed by atoms with E-state index < -0.39 is 0 Å². The first-order valence-electron chi connectivity index (χ1n) is 5.32. The summed E-state index contributed by atoms with van der Waals surface area (Å²) in [7, 11) is 0. The Morgan fingerprint density at radius 1 is 1.23 bits per heavy atom. The molecule has 0 amide bonds. The molecule has 0 radical (unpaired) electrons. The van der Waals surface area contributed by atoms with Crippen LogP contribution in [-0.2, 0) is 0 Å². The molecule has 0 saturated heterocycles. The van der Waals surface area contributed by atoms with Gasteiger partial charge in [0.25, 0.3) is 0 Å². The number of nitrogens with zero attached hydrogens (tertiary/aromatic N) is 1. The molecule has 0 aliphatic heterocycles. The second-order valence-electron chi connectivity index (χ2n) is 3.66. The third kappa shape index (κ3) is 7.85. The minimum atomic E-state index is 0.738. The van der Waals surface area contributed by atoms with Gasteiger partial charge in [0.1, 0.15) is 0 Å². The summed E-state index contributed by atoms with van der Waals surface area (Å²) in [5, 5.41) is 3.37.